The Hall–Kier alpha value is -5.20. The molecule has 0 aliphatic heterocycles. The first-order valence-electron chi connectivity index (χ1n) is 16.7. The minimum absolute atomic E-state index is 1.25. The number of hydrogen-bond donors (Lipinski definition) is 0. The summed E-state index contributed by atoms with van der Waals surface area (Å²) < 4.78 is 0. The van der Waals surface area contributed by atoms with Crippen molar-refractivity contribution in [2.24, 2.45) is 0 Å². The average molecular weight is 601 g/mol. The predicted octanol–water partition coefficient (Wildman–Crippen LogP) is 14.3. The molecule has 0 nitrogen and oxygen atoms in total. The maximum atomic E-state index is 2.27. The van der Waals surface area contributed by atoms with Crippen LogP contribution in [0.2, 0.25) is 0 Å². The highest BCUT2D eigenvalue weighted by molar-refractivity contribution is 5.97. The SMILES string of the molecule is CC.CC.CC.c1ccc(-c2cccc(-c3cccc4ccccc34)c2)cc1.c1ccc(-c2cccc(-c3ccccc3)c2)cc1. The lowest BCUT2D eigenvalue weighted by Crippen LogP contribution is -1.83. The van der Waals surface area contributed by atoms with Gasteiger partial charge < -0.3 is 0 Å². The van der Waals surface area contributed by atoms with Crippen LogP contribution in [-0.2, 0) is 0 Å². The minimum atomic E-state index is 1.25. The van der Waals surface area contributed by atoms with Crippen LogP contribution in [0, 0.1) is 0 Å². The Labute approximate surface area is 278 Å². The van der Waals surface area contributed by atoms with E-state index in [4.69, 9.17) is 0 Å². The van der Waals surface area contributed by atoms with Gasteiger partial charge >= 0.3 is 0 Å². The smallest absolute Gasteiger partial charge is 0.0105 e. The molecule has 0 unspecified atom stereocenters. The Balaban J connectivity index is 0.000000219. The molecule has 0 aromatic heterocycles. The van der Waals surface area contributed by atoms with E-state index < -0.39 is 0 Å². The van der Waals surface area contributed by atoms with Gasteiger partial charge in [-0.05, 0) is 67.4 Å². The van der Waals surface area contributed by atoms with Crippen molar-refractivity contribution in [1.82, 2.24) is 0 Å². The van der Waals surface area contributed by atoms with Crippen LogP contribution < -0.4 is 0 Å². The minimum Gasteiger partial charge on any atom is -0.0683 e. The van der Waals surface area contributed by atoms with Gasteiger partial charge in [-0.3, -0.25) is 0 Å². The van der Waals surface area contributed by atoms with Gasteiger partial charge in [0.1, 0.15) is 0 Å². The maximum Gasteiger partial charge on any atom is -0.0105 e. The van der Waals surface area contributed by atoms with Crippen molar-refractivity contribution in [3.8, 4) is 44.5 Å². The van der Waals surface area contributed by atoms with Crippen LogP contribution in [0.1, 0.15) is 41.5 Å². The van der Waals surface area contributed by atoms with Crippen LogP contribution >= 0.6 is 0 Å². The van der Waals surface area contributed by atoms with E-state index in [1.165, 1.54) is 55.3 Å². The number of rotatable bonds is 4. The summed E-state index contributed by atoms with van der Waals surface area (Å²) >= 11 is 0. The van der Waals surface area contributed by atoms with E-state index >= 15 is 0 Å². The highest BCUT2D eigenvalue weighted by Crippen LogP contribution is 2.31. The molecule has 0 spiro atoms. The second-order valence-corrected chi connectivity index (χ2v) is 9.79. The Morgan fingerprint density at radius 1 is 0.239 bits per heavy atom. The molecular formula is C46H48. The van der Waals surface area contributed by atoms with E-state index in [0.717, 1.165) is 0 Å². The fraction of sp³-hybridized carbons (Fsp3) is 0.130. The van der Waals surface area contributed by atoms with Crippen LogP contribution in [0.3, 0.4) is 0 Å². The van der Waals surface area contributed by atoms with Crippen molar-refractivity contribution < 1.29 is 0 Å². The zero-order valence-corrected chi connectivity index (χ0v) is 28.3. The highest BCUT2D eigenvalue weighted by Gasteiger charge is 2.05. The van der Waals surface area contributed by atoms with E-state index in [2.05, 4.69) is 170 Å². The molecule has 0 bridgehead atoms. The van der Waals surface area contributed by atoms with Crippen LogP contribution in [0.5, 0.6) is 0 Å². The molecular weight excluding hydrogens is 553 g/mol. The molecule has 0 radical (unpaired) electrons. The lowest BCUT2D eigenvalue weighted by molar-refractivity contribution is 1.50. The standard InChI is InChI=1S/C22H16.C18H14.3C2H6/c1-2-8-17(9-3-1)19-12-6-13-20(16-19)22-15-7-11-18-10-4-5-14-21(18)22;1-3-8-15(9-4-1)17-12-7-13-18(14-17)16-10-5-2-6-11-16;3*1-2/h1-16H;1-14H;3*1-2H3. The van der Waals surface area contributed by atoms with Crippen LogP contribution in [0.25, 0.3) is 55.3 Å². The van der Waals surface area contributed by atoms with Crippen molar-refractivity contribution in [1.29, 1.82) is 0 Å². The Morgan fingerprint density at radius 3 is 1.00 bits per heavy atom. The normalized spacial score (nSPS) is 9.52. The van der Waals surface area contributed by atoms with Gasteiger partial charge in [0.2, 0.25) is 0 Å². The summed E-state index contributed by atoms with van der Waals surface area (Å²) in [4.78, 5) is 0. The van der Waals surface area contributed by atoms with E-state index in [1.807, 2.05) is 53.7 Å². The Kier molecular flexibility index (Phi) is 15.3. The first-order chi connectivity index (χ1) is 22.8. The molecule has 0 amide bonds. The molecule has 0 heteroatoms. The number of hydrogen-bond acceptors (Lipinski definition) is 0. The molecule has 7 aromatic carbocycles. The fourth-order valence-electron chi connectivity index (χ4n) is 5.11. The second-order valence-electron chi connectivity index (χ2n) is 9.79. The first kappa shape index (κ1) is 35.3. The second kappa shape index (κ2) is 20.0. The van der Waals surface area contributed by atoms with Gasteiger partial charge in [-0.2, -0.15) is 0 Å². The van der Waals surface area contributed by atoms with Crippen LogP contribution in [0.15, 0.2) is 182 Å². The van der Waals surface area contributed by atoms with Crippen molar-refractivity contribution in [3.05, 3.63) is 182 Å². The van der Waals surface area contributed by atoms with Crippen molar-refractivity contribution in [2.45, 2.75) is 41.5 Å². The van der Waals surface area contributed by atoms with Gasteiger partial charge in [-0.1, -0.05) is 211 Å². The third-order valence-electron chi connectivity index (χ3n) is 7.15. The molecule has 0 aliphatic carbocycles. The third-order valence-corrected chi connectivity index (χ3v) is 7.15. The van der Waals surface area contributed by atoms with Gasteiger partial charge in [-0.25, -0.2) is 0 Å². The van der Waals surface area contributed by atoms with Gasteiger partial charge in [0.05, 0.1) is 0 Å². The first-order valence-corrected chi connectivity index (χ1v) is 16.7. The van der Waals surface area contributed by atoms with Gasteiger partial charge in [-0.15, -0.1) is 0 Å². The molecule has 0 saturated carbocycles. The van der Waals surface area contributed by atoms with E-state index in [9.17, 15) is 0 Å². The van der Waals surface area contributed by atoms with E-state index in [1.54, 1.807) is 0 Å². The quantitative estimate of drug-likeness (QED) is 0.188. The summed E-state index contributed by atoms with van der Waals surface area (Å²) in [6.07, 6.45) is 0. The summed E-state index contributed by atoms with van der Waals surface area (Å²) in [6, 6.07) is 64.0. The third kappa shape index (κ3) is 9.65. The summed E-state index contributed by atoms with van der Waals surface area (Å²) in [5.41, 5.74) is 10.1. The summed E-state index contributed by atoms with van der Waals surface area (Å²) in [5.74, 6) is 0. The summed E-state index contributed by atoms with van der Waals surface area (Å²) in [7, 11) is 0. The molecule has 0 N–H and O–H groups in total. The van der Waals surface area contributed by atoms with Crippen molar-refractivity contribution in [2.75, 3.05) is 0 Å². The summed E-state index contributed by atoms with van der Waals surface area (Å²) in [5, 5.41) is 2.58. The molecule has 7 aromatic rings. The number of benzene rings is 7. The highest BCUT2D eigenvalue weighted by atomic mass is 14.1. The number of fused-ring (bicyclic) bond motifs is 1. The molecule has 0 fully saturated rings. The van der Waals surface area contributed by atoms with Crippen LogP contribution in [-0.4, -0.2) is 0 Å². The molecule has 46 heavy (non-hydrogen) atoms. The summed E-state index contributed by atoms with van der Waals surface area (Å²) in [6.45, 7) is 12.0. The zero-order chi connectivity index (χ0) is 33.0. The largest absolute Gasteiger partial charge is 0.0683 e. The maximum absolute atomic E-state index is 2.27. The topological polar surface area (TPSA) is 0 Å². The monoisotopic (exact) mass is 600 g/mol. The zero-order valence-electron chi connectivity index (χ0n) is 28.3. The van der Waals surface area contributed by atoms with Gasteiger partial charge in [0, 0.05) is 0 Å². The van der Waals surface area contributed by atoms with E-state index in [0.29, 0.717) is 0 Å². The molecule has 7 rings (SSSR count). The molecule has 0 aliphatic rings. The Morgan fingerprint density at radius 2 is 0.543 bits per heavy atom. The lowest BCUT2D eigenvalue weighted by atomic mass is 9.95. The van der Waals surface area contributed by atoms with Gasteiger partial charge in [0.25, 0.3) is 0 Å². The molecule has 0 saturated heterocycles. The molecule has 232 valence electrons. The van der Waals surface area contributed by atoms with Crippen LogP contribution in [0.4, 0.5) is 0 Å². The van der Waals surface area contributed by atoms with Gasteiger partial charge in [0.15, 0.2) is 0 Å². The van der Waals surface area contributed by atoms with E-state index in [-0.39, 0.29) is 0 Å². The molecule has 0 heterocycles. The average Bonchev–Trinajstić information content (AvgIpc) is 3.18. The van der Waals surface area contributed by atoms with Crippen molar-refractivity contribution in [3.63, 3.8) is 0 Å². The predicted molar refractivity (Wildman–Crippen MR) is 206 cm³/mol. The van der Waals surface area contributed by atoms with Crippen molar-refractivity contribution >= 4 is 10.8 Å². The Bertz CT molecular complexity index is 1760. The fourth-order valence-corrected chi connectivity index (χ4v) is 5.11. The lowest BCUT2D eigenvalue weighted by Gasteiger charge is -2.09. The molecule has 0 atom stereocenters.